The Hall–Kier alpha value is -1.07. The first kappa shape index (κ1) is 9.02. The highest BCUT2D eigenvalue weighted by Gasteiger charge is 2.16. The number of hydrogen-bond acceptors (Lipinski definition) is 4. The van der Waals surface area contributed by atoms with Gasteiger partial charge in [-0.25, -0.2) is 0 Å². The molecule has 0 aliphatic rings. The van der Waals surface area contributed by atoms with Crippen molar-refractivity contribution in [1.29, 1.82) is 0 Å². The lowest BCUT2D eigenvalue weighted by atomic mass is 10.2. The number of H-pyrrole nitrogens is 1. The zero-order valence-electron chi connectivity index (χ0n) is 7.05. The van der Waals surface area contributed by atoms with Crippen LogP contribution in [-0.4, -0.2) is 23.9 Å². The van der Waals surface area contributed by atoms with Crippen molar-refractivity contribution in [2.75, 3.05) is 13.6 Å². The Bertz CT molecular complexity index is 302. The molecule has 1 aromatic heterocycles. The van der Waals surface area contributed by atoms with Crippen molar-refractivity contribution in [3.63, 3.8) is 0 Å². The van der Waals surface area contributed by atoms with Gasteiger partial charge in [-0.05, 0) is 14.0 Å². The molecule has 0 spiro atoms. The minimum absolute atomic E-state index is 0.292. The molecule has 1 heterocycles. The van der Waals surface area contributed by atoms with Gasteiger partial charge in [0.1, 0.15) is 6.10 Å². The summed E-state index contributed by atoms with van der Waals surface area (Å²) in [5.41, 5.74) is 0.137. The van der Waals surface area contributed by atoms with Gasteiger partial charge in [0.15, 0.2) is 5.76 Å². The molecule has 5 nitrogen and oxygen atoms in total. The van der Waals surface area contributed by atoms with Crippen LogP contribution in [0.25, 0.3) is 0 Å². The second-order valence-electron chi connectivity index (χ2n) is 2.60. The second-order valence-corrected chi connectivity index (χ2v) is 2.60. The van der Waals surface area contributed by atoms with Gasteiger partial charge in [-0.1, -0.05) is 0 Å². The Morgan fingerprint density at radius 2 is 2.42 bits per heavy atom. The van der Waals surface area contributed by atoms with Gasteiger partial charge in [0.2, 0.25) is 0 Å². The first-order valence-corrected chi connectivity index (χ1v) is 3.67. The molecular weight excluding hydrogens is 160 g/mol. The first-order chi connectivity index (χ1) is 5.66. The standard InChI is InChI=1S/C7H12N2O3/c1-4-6(5(10)3-8-2)12-9-7(4)11/h5,8,10H,3H2,1-2H3,(H,9,11). The Kier molecular flexibility index (Phi) is 2.67. The summed E-state index contributed by atoms with van der Waals surface area (Å²) in [5, 5.41) is 14.3. The molecule has 0 bridgehead atoms. The summed E-state index contributed by atoms with van der Waals surface area (Å²) in [6.07, 6.45) is -0.769. The molecule has 1 rings (SSSR count). The van der Waals surface area contributed by atoms with Crippen molar-refractivity contribution in [2.45, 2.75) is 13.0 Å². The van der Waals surface area contributed by atoms with Crippen molar-refractivity contribution in [2.24, 2.45) is 0 Å². The van der Waals surface area contributed by atoms with E-state index in [-0.39, 0.29) is 5.56 Å². The molecule has 12 heavy (non-hydrogen) atoms. The van der Waals surface area contributed by atoms with Crippen LogP contribution in [0, 0.1) is 6.92 Å². The molecule has 3 N–H and O–H groups in total. The van der Waals surface area contributed by atoms with E-state index >= 15 is 0 Å². The van der Waals surface area contributed by atoms with E-state index in [4.69, 9.17) is 4.52 Å². The molecule has 5 heteroatoms. The van der Waals surface area contributed by atoms with Crippen LogP contribution in [0.3, 0.4) is 0 Å². The number of aromatic nitrogens is 1. The normalized spacial score (nSPS) is 13.2. The predicted molar refractivity (Wildman–Crippen MR) is 43.0 cm³/mol. The lowest BCUT2D eigenvalue weighted by Gasteiger charge is -2.05. The smallest absolute Gasteiger partial charge is 0.283 e. The van der Waals surface area contributed by atoms with Crippen molar-refractivity contribution < 1.29 is 9.63 Å². The molecule has 0 amide bonds. The zero-order chi connectivity index (χ0) is 9.14. The molecular formula is C7H12N2O3. The molecule has 0 saturated heterocycles. The van der Waals surface area contributed by atoms with Crippen LogP contribution in [0.2, 0.25) is 0 Å². The van der Waals surface area contributed by atoms with Crippen molar-refractivity contribution in [3.8, 4) is 0 Å². The van der Waals surface area contributed by atoms with Crippen molar-refractivity contribution >= 4 is 0 Å². The Balaban J connectivity index is 2.87. The third kappa shape index (κ3) is 1.57. The number of aliphatic hydroxyl groups is 1. The fourth-order valence-corrected chi connectivity index (χ4v) is 0.970. The van der Waals surface area contributed by atoms with E-state index in [0.29, 0.717) is 17.9 Å². The molecule has 0 aromatic carbocycles. The molecule has 0 aliphatic heterocycles. The summed E-state index contributed by atoms with van der Waals surface area (Å²) in [7, 11) is 1.71. The quantitative estimate of drug-likeness (QED) is 0.576. The number of likely N-dealkylation sites (N-methyl/N-ethyl adjacent to an activating group) is 1. The summed E-state index contributed by atoms with van der Waals surface area (Å²) in [6.45, 7) is 1.97. The van der Waals surface area contributed by atoms with E-state index in [0.717, 1.165) is 0 Å². The van der Waals surface area contributed by atoms with Crippen LogP contribution in [0.4, 0.5) is 0 Å². The van der Waals surface area contributed by atoms with Gasteiger partial charge in [0, 0.05) is 6.54 Å². The maximum atomic E-state index is 10.9. The average molecular weight is 172 g/mol. The molecule has 1 aromatic rings. The highest BCUT2D eigenvalue weighted by molar-refractivity contribution is 5.13. The molecule has 0 radical (unpaired) electrons. The number of rotatable bonds is 3. The Labute approximate surface area is 69.4 Å². The molecule has 0 aliphatic carbocycles. The van der Waals surface area contributed by atoms with E-state index < -0.39 is 6.10 Å². The van der Waals surface area contributed by atoms with E-state index in [1.54, 1.807) is 14.0 Å². The third-order valence-corrected chi connectivity index (χ3v) is 1.66. The van der Waals surface area contributed by atoms with Gasteiger partial charge >= 0.3 is 0 Å². The van der Waals surface area contributed by atoms with Gasteiger partial charge in [-0.3, -0.25) is 4.79 Å². The first-order valence-electron chi connectivity index (χ1n) is 3.67. The maximum Gasteiger partial charge on any atom is 0.283 e. The van der Waals surface area contributed by atoms with Crippen molar-refractivity contribution in [1.82, 2.24) is 10.5 Å². The van der Waals surface area contributed by atoms with E-state index in [2.05, 4.69) is 10.5 Å². The number of aliphatic hydroxyl groups excluding tert-OH is 1. The monoisotopic (exact) mass is 172 g/mol. The molecule has 1 unspecified atom stereocenters. The number of hydrogen-bond donors (Lipinski definition) is 3. The van der Waals surface area contributed by atoms with Gasteiger partial charge in [0.05, 0.1) is 5.56 Å². The van der Waals surface area contributed by atoms with Gasteiger partial charge < -0.3 is 14.9 Å². The maximum absolute atomic E-state index is 10.9. The summed E-state index contributed by atoms with van der Waals surface area (Å²) in [4.78, 5) is 10.9. The van der Waals surface area contributed by atoms with E-state index in [1.165, 1.54) is 0 Å². The van der Waals surface area contributed by atoms with E-state index in [1.807, 2.05) is 0 Å². The fourth-order valence-electron chi connectivity index (χ4n) is 0.970. The van der Waals surface area contributed by atoms with Crippen LogP contribution in [0.1, 0.15) is 17.4 Å². The van der Waals surface area contributed by atoms with Gasteiger partial charge in [-0.15, -0.1) is 0 Å². The lowest BCUT2D eigenvalue weighted by molar-refractivity contribution is 0.139. The summed E-state index contributed by atoms with van der Waals surface area (Å²) in [5.74, 6) is 0.300. The highest BCUT2D eigenvalue weighted by Crippen LogP contribution is 2.12. The Morgan fingerprint density at radius 1 is 1.75 bits per heavy atom. The van der Waals surface area contributed by atoms with Crippen LogP contribution >= 0.6 is 0 Å². The summed E-state index contributed by atoms with van der Waals surface area (Å²) in [6, 6.07) is 0. The third-order valence-electron chi connectivity index (χ3n) is 1.66. The van der Waals surface area contributed by atoms with Gasteiger partial charge in [-0.2, -0.15) is 5.16 Å². The predicted octanol–water partition coefficient (Wildman–Crippen LogP) is -0.471. The topological polar surface area (TPSA) is 78.3 Å². The highest BCUT2D eigenvalue weighted by atomic mass is 16.5. The zero-order valence-corrected chi connectivity index (χ0v) is 7.05. The minimum atomic E-state index is -0.769. The van der Waals surface area contributed by atoms with Gasteiger partial charge in [0.25, 0.3) is 5.56 Å². The fraction of sp³-hybridized carbons (Fsp3) is 0.571. The SMILES string of the molecule is CNCC(O)c1o[nH]c(=O)c1C. The summed E-state index contributed by atoms with van der Waals surface area (Å²) >= 11 is 0. The van der Waals surface area contributed by atoms with Crippen LogP contribution < -0.4 is 10.9 Å². The number of nitrogens with one attached hydrogen (secondary N) is 2. The lowest BCUT2D eigenvalue weighted by Crippen LogP contribution is -2.17. The summed E-state index contributed by atoms with van der Waals surface area (Å²) < 4.78 is 4.78. The largest absolute Gasteiger partial charge is 0.384 e. The van der Waals surface area contributed by atoms with E-state index in [9.17, 15) is 9.90 Å². The average Bonchev–Trinajstić information content (AvgIpc) is 2.34. The Morgan fingerprint density at radius 3 is 2.83 bits per heavy atom. The second kappa shape index (κ2) is 3.55. The molecule has 68 valence electrons. The molecule has 0 saturated carbocycles. The van der Waals surface area contributed by atoms with Crippen LogP contribution in [0.15, 0.2) is 9.32 Å². The van der Waals surface area contributed by atoms with Crippen LogP contribution in [-0.2, 0) is 0 Å². The minimum Gasteiger partial charge on any atom is -0.384 e. The molecule has 0 fully saturated rings. The van der Waals surface area contributed by atoms with Crippen molar-refractivity contribution in [3.05, 3.63) is 21.7 Å². The molecule has 1 atom stereocenters. The van der Waals surface area contributed by atoms with Crippen LogP contribution in [0.5, 0.6) is 0 Å². The number of aromatic amines is 1.